The van der Waals surface area contributed by atoms with Gasteiger partial charge in [0.15, 0.2) is 0 Å². The van der Waals surface area contributed by atoms with Gasteiger partial charge >= 0.3 is 0 Å². The van der Waals surface area contributed by atoms with Crippen molar-refractivity contribution in [3.63, 3.8) is 0 Å². The molecule has 1 heterocycles. The van der Waals surface area contributed by atoms with E-state index < -0.39 is 0 Å². The highest BCUT2D eigenvalue weighted by molar-refractivity contribution is 5.83. The monoisotopic (exact) mass is 217 g/mol. The van der Waals surface area contributed by atoms with Crippen molar-refractivity contribution in [2.24, 2.45) is 4.99 Å². The lowest BCUT2D eigenvalue weighted by molar-refractivity contribution is 0.729. The van der Waals surface area contributed by atoms with Crippen LogP contribution in [-0.2, 0) is 0 Å². The van der Waals surface area contributed by atoms with Crippen LogP contribution in [0.1, 0.15) is 31.2 Å². The number of benzene rings is 1. The minimum atomic E-state index is 0.956. The largest absolute Gasteiger partial charge is 0.300 e. The molecular formula is C13H19N3. The summed E-state index contributed by atoms with van der Waals surface area (Å²) in [6, 6.07) is 8.33. The molecular weight excluding hydrogens is 198 g/mol. The van der Waals surface area contributed by atoms with Crippen LogP contribution in [0.25, 0.3) is 0 Å². The zero-order chi connectivity index (χ0) is 11.2. The van der Waals surface area contributed by atoms with E-state index in [-0.39, 0.29) is 0 Å². The Kier molecular flexibility index (Phi) is 3.81. The molecule has 0 aliphatic carbocycles. The first-order valence-electron chi connectivity index (χ1n) is 5.96. The minimum absolute atomic E-state index is 0.956. The van der Waals surface area contributed by atoms with Gasteiger partial charge in [0.25, 0.3) is 0 Å². The third-order valence-corrected chi connectivity index (χ3v) is 2.78. The van der Waals surface area contributed by atoms with Gasteiger partial charge in [0.05, 0.1) is 5.69 Å². The van der Waals surface area contributed by atoms with Crippen molar-refractivity contribution >= 4 is 11.5 Å². The van der Waals surface area contributed by atoms with E-state index in [1.807, 2.05) is 0 Å². The summed E-state index contributed by atoms with van der Waals surface area (Å²) in [4.78, 5) is 4.50. The summed E-state index contributed by atoms with van der Waals surface area (Å²) in [5, 5.41) is 0. The van der Waals surface area contributed by atoms with Gasteiger partial charge in [-0.2, -0.15) is 0 Å². The third kappa shape index (κ3) is 3.26. The number of anilines is 1. The smallest absolute Gasteiger partial charge is 0.115 e. The van der Waals surface area contributed by atoms with Gasteiger partial charge in [0.1, 0.15) is 5.84 Å². The van der Waals surface area contributed by atoms with Crippen LogP contribution in [0, 0.1) is 6.92 Å². The quantitative estimate of drug-likeness (QED) is 0.747. The summed E-state index contributed by atoms with van der Waals surface area (Å²) >= 11 is 0. The summed E-state index contributed by atoms with van der Waals surface area (Å²) in [6.45, 7) is 3.05. The van der Waals surface area contributed by atoms with Crippen LogP contribution in [0.3, 0.4) is 0 Å². The molecule has 0 radical (unpaired) electrons. The Morgan fingerprint density at radius 1 is 1.00 bits per heavy atom. The molecule has 0 saturated carbocycles. The molecule has 1 aromatic carbocycles. The number of hydrogen-bond donors (Lipinski definition) is 2. The lowest BCUT2D eigenvalue weighted by Crippen LogP contribution is -2.29. The van der Waals surface area contributed by atoms with E-state index in [1.54, 1.807) is 0 Å². The number of aliphatic imine (C=N–C) groups is 1. The van der Waals surface area contributed by atoms with Gasteiger partial charge in [0.2, 0.25) is 0 Å². The number of amidine groups is 1. The molecule has 0 bridgehead atoms. The summed E-state index contributed by atoms with van der Waals surface area (Å²) in [7, 11) is 0. The van der Waals surface area contributed by atoms with Crippen LogP contribution >= 0.6 is 0 Å². The second-order valence-electron chi connectivity index (χ2n) is 4.26. The van der Waals surface area contributed by atoms with Crippen molar-refractivity contribution in [1.29, 1.82) is 0 Å². The fourth-order valence-electron chi connectivity index (χ4n) is 1.76. The number of hydrogen-bond acceptors (Lipinski definition) is 3. The van der Waals surface area contributed by atoms with Crippen molar-refractivity contribution in [3.05, 3.63) is 29.8 Å². The molecule has 86 valence electrons. The Bertz CT molecular complexity index is 354. The van der Waals surface area contributed by atoms with E-state index in [0.29, 0.717) is 0 Å². The number of aryl methyl sites for hydroxylation is 1. The number of rotatable bonds is 2. The zero-order valence-electron chi connectivity index (χ0n) is 9.79. The molecule has 0 atom stereocenters. The molecule has 3 nitrogen and oxygen atoms in total. The number of hydrazine groups is 1. The summed E-state index contributed by atoms with van der Waals surface area (Å²) in [6.07, 6.45) is 4.80. The van der Waals surface area contributed by atoms with Crippen LogP contribution in [-0.4, -0.2) is 12.4 Å². The van der Waals surface area contributed by atoms with E-state index in [4.69, 9.17) is 0 Å². The first kappa shape index (κ1) is 11.0. The highest BCUT2D eigenvalue weighted by Gasteiger charge is 2.02. The van der Waals surface area contributed by atoms with Crippen LogP contribution in [0.2, 0.25) is 0 Å². The molecule has 0 unspecified atom stereocenters. The van der Waals surface area contributed by atoms with E-state index in [2.05, 4.69) is 47.0 Å². The molecule has 1 aliphatic rings. The van der Waals surface area contributed by atoms with Crippen molar-refractivity contribution in [1.82, 2.24) is 5.43 Å². The van der Waals surface area contributed by atoms with Gasteiger partial charge in [0, 0.05) is 13.0 Å². The molecule has 0 fully saturated rings. The summed E-state index contributed by atoms with van der Waals surface area (Å²) < 4.78 is 0. The standard InChI is InChI=1S/C13H19N3/c1-11-6-8-12(9-7-11)15-16-13-5-3-2-4-10-14-13/h6-9,15H,2-5,10H2,1H3,(H,14,16). The summed E-state index contributed by atoms with van der Waals surface area (Å²) in [5.41, 5.74) is 8.74. The Morgan fingerprint density at radius 3 is 2.62 bits per heavy atom. The maximum atomic E-state index is 4.50. The second-order valence-corrected chi connectivity index (χ2v) is 4.26. The van der Waals surface area contributed by atoms with Gasteiger partial charge in [-0.15, -0.1) is 0 Å². The molecule has 16 heavy (non-hydrogen) atoms. The maximum absolute atomic E-state index is 4.50. The average molecular weight is 217 g/mol. The lowest BCUT2D eigenvalue weighted by Gasteiger charge is -2.11. The average Bonchev–Trinajstić information content (AvgIpc) is 2.57. The van der Waals surface area contributed by atoms with Crippen LogP contribution in [0.15, 0.2) is 29.3 Å². The molecule has 0 amide bonds. The predicted octanol–water partition coefficient (Wildman–Crippen LogP) is 2.88. The van der Waals surface area contributed by atoms with Crippen LogP contribution in [0.5, 0.6) is 0 Å². The van der Waals surface area contributed by atoms with Crippen molar-refractivity contribution < 1.29 is 0 Å². The highest BCUT2D eigenvalue weighted by atomic mass is 15.4. The highest BCUT2D eigenvalue weighted by Crippen LogP contribution is 2.09. The van der Waals surface area contributed by atoms with Crippen molar-refractivity contribution in [2.45, 2.75) is 32.6 Å². The Morgan fingerprint density at radius 2 is 1.81 bits per heavy atom. The van der Waals surface area contributed by atoms with Crippen LogP contribution < -0.4 is 10.9 Å². The molecule has 0 saturated heterocycles. The third-order valence-electron chi connectivity index (χ3n) is 2.78. The topological polar surface area (TPSA) is 36.4 Å². The van der Waals surface area contributed by atoms with E-state index in [9.17, 15) is 0 Å². The van der Waals surface area contributed by atoms with Gasteiger partial charge in [-0.1, -0.05) is 24.1 Å². The van der Waals surface area contributed by atoms with E-state index in [0.717, 1.165) is 24.5 Å². The Hall–Kier alpha value is -1.51. The first-order valence-corrected chi connectivity index (χ1v) is 5.96. The van der Waals surface area contributed by atoms with Gasteiger partial charge < -0.3 is 0 Å². The van der Waals surface area contributed by atoms with Crippen molar-refractivity contribution in [3.8, 4) is 0 Å². The second kappa shape index (κ2) is 5.54. The minimum Gasteiger partial charge on any atom is -0.300 e. The Balaban J connectivity index is 1.86. The van der Waals surface area contributed by atoms with E-state index in [1.165, 1.54) is 24.8 Å². The van der Waals surface area contributed by atoms with Crippen molar-refractivity contribution in [2.75, 3.05) is 12.0 Å². The van der Waals surface area contributed by atoms with E-state index >= 15 is 0 Å². The predicted molar refractivity (Wildman–Crippen MR) is 68.7 cm³/mol. The molecule has 1 aliphatic heterocycles. The molecule has 2 N–H and O–H groups in total. The fraction of sp³-hybridized carbons (Fsp3) is 0.462. The molecule has 0 aromatic heterocycles. The molecule has 3 heteroatoms. The van der Waals surface area contributed by atoms with Crippen LogP contribution in [0.4, 0.5) is 5.69 Å². The zero-order valence-corrected chi connectivity index (χ0v) is 9.79. The van der Waals surface area contributed by atoms with Gasteiger partial charge in [-0.05, 0) is 31.9 Å². The van der Waals surface area contributed by atoms with Gasteiger partial charge in [-0.3, -0.25) is 15.8 Å². The fourth-order valence-corrected chi connectivity index (χ4v) is 1.76. The first-order chi connectivity index (χ1) is 7.84. The number of nitrogens with one attached hydrogen (secondary N) is 2. The molecule has 0 spiro atoms. The normalized spacial score (nSPS) is 16.2. The van der Waals surface area contributed by atoms with Gasteiger partial charge in [-0.25, -0.2) is 0 Å². The SMILES string of the molecule is Cc1ccc(NNC2=NCCCCC2)cc1. The number of nitrogens with zero attached hydrogens (tertiary/aromatic N) is 1. The summed E-state index contributed by atoms with van der Waals surface area (Å²) in [5.74, 6) is 1.08. The lowest BCUT2D eigenvalue weighted by atomic mass is 10.2. The molecule has 1 aromatic rings. The maximum Gasteiger partial charge on any atom is 0.115 e. The molecule has 2 rings (SSSR count). The Labute approximate surface area is 96.9 Å².